The quantitative estimate of drug-likeness (QED) is 0.104. The molecule has 1 fully saturated rings. The van der Waals surface area contributed by atoms with E-state index in [4.69, 9.17) is 15.6 Å². The van der Waals surface area contributed by atoms with Gasteiger partial charge < -0.3 is 41.2 Å². The predicted octanol–water partition coefficient (Wildman–Crippen LogP) is -0.0958. The molecule has 13 nitrogen and oxygen atoms in total. The van der Waals surface area contributed by atoms with E-state index in [1.165, 1.54) is 48.5 Å². The molecule has 0 bridgehead atoms. The van der Waals surface area contributed by atoms with Crippen LogP contribution in [-0.4, -0.2) is 80.1 Å². The van der Waals surface area contributed by atoms with Gasteiger partial charge in [-0.3, -0.25) is 14.4 Å². The lowest BCUT2D eigenvalue weighted by molar-refractivity contribution is -0.160. The second-order valence-electron chi connectivity index (χ2n) is 7.90. The number of hydrogen-bond acceptors (Lipinski definition) is 9. The van der Waals surface area contributed by atoms with Gasteiger partial charge >= 0.3 is 11.9 Å². The SMILES string of the molecule is N[C@H](CCOc1ccc(/C(=N\O)C(=O)N[C@H]2CN([C@H](C(=O)O)c3ccc(O)cc3)C2=O)cc1)C(=O)O. The molecular weight excluding hydrogens is 476 g/mol. The number of rotatable bonds is 11. The van der Waals surface area contributed by atoms with Gasteiger partial charge in [0.1, 0.15) is 23.6 Å². The number of nitrogens with one attached hydrogen (secondary N) is 1. The summed E-state index contributed by atoms with van der Waals surface area (Å²) in [7, 11) is 0. The molecule has 13 heteroatoms. The van der Waals surface area contributed by atoms with Crippen LogP contribution >= 0.6 is 0 Å². The molecule has 3 rings (SSSR count). The fourth-order valence-corrected chi connectivity index (χ4v) is 3.50. The Balaban J connectivity index is 1.59. The number of ether oxygens (including phenoxy) is 1. The number of aromatic hydroxyl groups is 1. The first-order chi connectivity index (χ1) is 17.1. The molecule has 0 aliphatic carbocycles. The summed E-state index contributed by atoms with van der Waals surface area (Å²) in [6.07, 6.45) is 0.0880. The van der Waals surface area contributed by atoms with E-state index >= 15 is 0 Å². The molecule has 1 aliphatic rings. The maximum absolute atomic E-state index is 12.6. The second kappa shape index (κ2) is 11.2. The van der Waals surface area contributed by atoms with Gasteiger partial charge in [0.05, 0.1) is 13.2 Å². The molecule has 0 radical (unpaired) electrons. The predicted molar refractivity (Wildman–Crippen MR) is 123 cm³/mol. The molecule has 3 atom stereocenters. The van der Waals surface area contributed by atoms with E-state index in [-0.39, 0.29) is 42.2 Å². The summed E-state index contributed by atoms with van der Waals surface area (Å²) in [6.45, 7) is -0.0393. The number of aliphatic carboxylic acids is 2. The van der Waals surface area contributed by atoms with Gasteiger partial charge in [-0.2, -0.15) is 0 Å². The van der Waals surface area contributed by atoms with Crippen LogP contribution in [0, 0.1) is 0 Å². The number of hydrogen-bond donors (Lipinski definition) is 6. The number of carbonyl (C=O) groups excluding carboxylic acids is 2. The van der Waals surface area contributed by atoms with Crippen LogP contribution in [0.3, 0.4) is 0 Å². The Kier molecular flexibility index (Phi) is 8.07. The summed E-state index contributed by atoms with van der Waals surface area (Å²) in [5.41, 5.74) is 5.51. The van der Waals surface area contributed by atoms with E-state index < -0.39 is 41.9 Å². The minimum atomic E-state index is -1.30. The van der Waals surface area contributed by atoms with Crippen molar-refractivity contribution in [2.45, 2.75) is 24.5 Å². The Morgan fingerprint density at radius 2 is 1.72 bits per heavy atom. The number of phenolic OH excluding ortho intramolecular Hbond substituents is 1. The van der Waals surface area contributed by atoms with Gasteiger partial charge in [-0.15, -0.1) is 0 Å². The van der Waals surface area contributed by atoms with Crippen LogP contribution in [-0.2, 0) is 19.2 Å². The van der Waals surface area contributed by atoms with Gasteiger partial charge in [0.25, 0.3) is 5.91 Å². The Hall–Kier alpha value is -4.65. The summed E-state index contributed by atoms with van der Waals surface area (Å²) < 4.78 is 5.40. The third kappa shape index (κ3) is 5.88. The summed E-state index contributed by atoms with van der Waals surface area (Å²) in [5.74, 6) is -3.59. The van der Waals surface area contributed by atoms with E-state index in [1.807, 2.05) is 0 Å². The van der Waals surface area contributed by atoms with Crippen molar-refractivity contribution in [1.82, 2.24) is 10.2 Å². The second-order valence-corrected chi connectivity index (χ2v) is 7.90. The monoisotopic (exact) mass is 500 g/mol. The average molecular weight is 500 g/mol. The van der Waals surface area contributed by atoms with Crippen molar-refractivity contribution < 1.29 is 44.4 Å². The van der Waals surface area contributed by atoms with Crippen LogP contribution in [0.1, 0.15) is 23.6 Å². The van der Waals surface area contributed by atoms with Crippen LogP contribution < -0.4 is 15.8 Å². The average Bonchev–Trinajstić information content (AvgIpc) is 2.85. The Morgan fingerprint density at radius 1 is 1.08 bits per heavy atom. The fraction of sp³-hybridized carbons (Fsp3) is 0.261. The van der Waals surface area contributed by atoms with Crippen molar-refractivity contribution >= 4 is 29.5 Å². The smallest absolute Gasteiger partial charge is 0.331 e. The van der Waals surface area contributed by atoms with Gasteiger partial charge in [-0.05, 0) is 42.0 Å². The van der Waals surface area contributed by atoms with Crippen LogP contribution in [0.25, 0.3) is 0 Å². The highest BCUT2D eigenvalue weighted by Crippen LogP contribution is 2.28. The summed E-state index contributed by atoms with van der Waals surface area (Å²) in [4.78, 5) is 48.8. The van der Waals surface area contributed by atoms with Crippen molar-refractivity contribution in [3.63, 3.8) is 0 Å². The van der Waals surface area contributed by atoms with Gasteiger partial charge in [-0.25, -0.2) is 4.79 Å². The molecular formula is C23H24N4O9. The van der Waals surface area contributed by atoms with Gasteiger partial charge in [0.15, 0.2) is 11.8 Å². The summed E-state index contributed by atoms with van der Waals surface area (Å²) in [5, 5.41) is 42.5. The number of phenols is 1. The zero-order valence-electron chi connectivity index (χ0n) is 18.8. The highest BCUT2D eigenvalue weighted by atomic mass is 16.5. The molecule has 0 saturated carbocycles. The highest BCUT2D eigenvalue weighted by molar-refractivity contribution is 6.45. The van der Waals surface area contributed by atoms with E-state index in [9.17, 15) is 34.6 Å². The van der Waals surface area contributed by atoms with Crippen LogP contribution in [0.4, 0.5) is 0 Å². The molecule has 0 aromatic heterocycles. The first-order valence-electron chi connectivity index (χ1n) is 10.7. The van der Waals surface area contributed by atoms with E-state index in [0.717, 1.165) is 4.90 Å². The van der Waals surface area contributed by atoms with Gasteiger partial charge in [0.2, 0.25) is 5.91 Å². The molecule has 0 unspecified atom stereocenters. The maximum atomic E-state index is 12.6. The van der Waals surface area contributed by atoms with Crippen molar-refractivity contribution in [2.75, 3.05) is 13.2 Å². The van der Waals surface area contributed by atoms with Crippen molar-refractivity contribution in [3.05, 3.63) is 59.7 Å². The Labute approximate surface area is 204 Å². The van der Waals surface area contributed by atoms with Crippen molar-refractivity contribution in [2.24, 2.45) is 10.9 Å². The zero-order chi connectivity index (χ0) is 26.4. The zero-order valence-corrected chi connectivity index (χ0v) is 18.8. The van der Waals surface area contributed by atoms with Gasteiger partial charge in [0, 0.05) is 12.0 Å². The minimum absolute atomic E-state index is 0.0516. The van der Waals surface area contributed by atoms with Crippen LogP contribution in [0.15, 0.2) is 53.7 Å². The number of amides is 2. The molecule has 2 amide bonds. The number of nitrogens with two attached hydrogens (primary N) is 1. The summed E-state index contributed by atoms with van der Waals surface area (Å²) in [6, 6.07) is 7.83. The van der Waals surface area contributed by atoms with Crippen LogP contribution in [0.2, 0.25) is 0 Å². The first-order valence-corrected chi connectivity index (χ1v) is 10.7. The number of carboxylic acids is 2. The molecule has 2 aromatic carbocycles. The highest BCUT2D eigenvalue weighted by Gasteiger charge is 2.45. The van der Waals surface area contributed by atoms with Crippen molar-refractivity contribution in [3.8, 4) is 11.5 Å². The number of carboxylic acid groups (broad SMARTS) is 2. The summed E-state index contributed by atoms with van der Waals surface area (Å²) >= 11 is 0. The Morgan fingerprint density at radius 3 is 2.25 bits per heavy atom. The molecule has 1 saturated heterocycles. The lowest BCUT2D eigenvalue weighted by atomic mass is 9.97. The lowest BCUT2D eigenvalue weighted by Crippen LogP contribution is -2.66. The third-order valence-electron chi connectivity index (χ3n) is 5.48. The fourth-order valence-electron chi connectivity index (χ4n) is 3.50. The lowest BCUT2D eigenvalue weighted by Gasteiger charge is -2.42. The molecule has 190 valence electrons. The van der Waals surface area contributed by atoms with E-state index in [0.29, 0.717) is 5.75 Å². The molecule has 36 heavy (non-hydrogen) atoms. The maximum Gasteiger partial charge on any atom is 0.331 e. The normalized spacial score (nSPS) is 17.0. The molecule has 2 aromatic rings. The molecule has 1 aliphatic heterocycles. The largest absolute Gasteiger partial charge is 0.508 e. The van der Waals surface area contributed by atoms with E-state index in [2.05, 4.69) is 10.5 Å². The molecule has 1 heterocycles. The topological polar surface area (TPSA) is 212 Å². The number of oxime groups is 1. The number of carbonyl (C=O) groups is 4. The first kappa shape index (κ1) is 26.0. The number of benzene rings is 2. The molecule has 0 spiro atoms. The Bertz CT molecular complexity index is 1170. The minimum Gasteiger partial charge on any atom is -0.508 e. The van der Waals surface area contributed by atoms with E-state index in [1.54, 1.807) is 0 Å². The van der Waals surface area contributed by atoms with Crippen molar-refractivity contribution in [1.29, 1.82) is 0 Å². The molecule has 7 N–H and O–H groups in total. The van der Waals surface area contributed by atoms with Crippen LogP contribution in [0.5, 0.6) is 11.5 Å². The number of likely N-dealkylation sites (tertiary alicyclic amines) is 1. The van der Waals surface area contributed by atoms with Gasteiger partial charge in [-0.1, -0.05) is 17.3 Å². The standard InChI is InChI=1S/C23H24N4O9/c24-16(22(31)32)9-10-36-15-7-3-12(4-8-15)18(26-35)20(29)25-17-11-27(21(17)30)19(23(33)34)13-1-5-14(28)6-2-13/h1-8,16-17,19,28,35H,9-11,24H2,(H,25,29)(H,31,32)(H,33,34)/b26-18+/t16-,17+,19+/m1/s1. The third-order valence-corrected chi connectivity index (χ3v) is 5.48. The number of nitrogens with zero attached hydrogens (tertiary/aromatic N) is 2. The number of β-lactam (4-membered cyclic amide) rings is 1.